The number of aromatic nitrogens is 1. The molecule has 15 heavy (non-hydrogen) atoms. The van der Waals surface area contributed by atoms with Crippen LogP contribution in [0.2, 0.25) is 0 Å². The Morgan fingerprint density at radius 1 is 1.13 bits per heavy atom. The molecular formula is C10H8FNO2S. The number of benzene rings is 1. The molecule has 78 valence electrons. The Balaban J connectivity index is 2.56. The molecule has 1 aromatic carbocycles. The predicted molar refractivity (Wildman–Crippen MR) is 54.8 cm³/mol. The van der Waals surface area contributed by atoms with E-state index in [1.165, 1.54) is 0 Å². The van der Waals surface area contributed by atoms with Crippen LogP contribution >= 0.6 is 0 Å². The highest BCUT2D eigenvalue weighted by Crippen LogP contribution is 2.23. The summed E-state index contributed by atoms with van der Waals surface area (Å²) < 4.78 is 34.8. The van der Waals surface area contributed by atoms with Gasteiger partial charge in [0, 0.05) is 11.8 Å². The molecule has 0 radical (unpaired) electrons. The van der Waals surface area contributed by atoms with E-state index >= 15 is 0 Å². The Bertz CT molecular complexity index is 538. The minimum absolute atomic E-state index is 0.199. The summed E-state index contributed by atoms with van der Waals surface area (Å²) in [5.41, 5.74) is 0.822. The Labute approximate surface area is 87.5 Å². The molecule has 0 saturated heterocycles. The van der Waals surface area contributed by atoms with Crippen LogP contribution < -0.4 is 0 Å². The maximum absolute atomic E-state index is 13.6. The van der Waals surface area contributed by atoms with Gasteiger partial charge in [0.15, 0.2) is 16.5 Å². The van der Waals surface area contributed by atoms with Crippen LogP contribution in [-0.2, 0) is 10.7 Å². The SMILES string of the molecule is O=[SH](=O)c1c[nH]c(-c2ccccc2)c1F. The summed E-state index contributed by atoms with van der Waals surface area (Å²) in [6, 6.07) is 8.73. The Morgan fingerprint density at radius 2 is 1.80 bits per heavy atom. The van der Waals surface area contributed by atoms with Crippen LogP contribution in [0.25, 0.3) is 11.3 Å². The van der Waals surface area contributed by atoms with Gasteiger partial charge >= 0.3 is 0 Å². The standard InChI is InChI=1S/C10H8FNO2S/c11-9-8(15(13)14)6-12-10(9)7-4-2-1-3-5-7/h1-6,12,15H. The van der Waals surface area contributed by atoms with Gasteiger partial charge in [0.2, 0.25) is 0 Å². The van der Waals surface area contributed by atoms with Crippen molar-refractivity contribution in [3.05, 3.63) is 42.3 Å². The highest BCUT2D eigenvalue weighted by molar-refractivity contribution is 7.72. The van der Waals surface area contributed by atoms with Gasteiger partial charge in [-0.25, -0.2) is 12.8 Å². The molecule has 0 saturated carbocycles. The van der Waals surface area contributed by atoms with Gasteiger partial charge < -0.3 is 4.98 Å². The Kier molecular flexibility index (Phi) is 2.55. The summed E-state index contributed by atoms with van der Waals surface area (Å²) in [6.45, 7) is 0. The molecule has 0 atom stereocenters. The fraction of sp³-hybridized carbons (Fsp3) is 0. The zero-order chi connectivity index (χ0) is 10.8. The largest absolute Gasteiger partial charge is 0.357 e. The molecule has 0 aliphatic rings. The van der Waals surface area contributed by atoms with E-state index in [9.17, 15) is 12.8 Å². The number of H-pyrrole nitrogens is 1. The van der Waals surface area contributed by atoms with Gasteiger partial charge in [-0.15, -0.1) is 0 Å². The topological polar surface area (TPSA) is 49.9 Å². The third-order valence-electron chi connectivity index (χ3n) is 2.06. The minimum Gasteiger partial charge on any atom is -0.357 e. The molecule has 1 N–H and O–H groups in total. The van der Waals surface area contributed by atoms with E-state index in [0.29, 0.717) is 5.56 Å². The van der Waals surface area contributed by atoms with E-state index in [0.717, 1.165) is 6.20 Å². The van der Waals surface area contributed by atoms with Gasteiger partial charge in [0.05, 0.1) is 5.69 Å². The second-order valence-corrected chi connectivity index (χ2v) is 3.98. The van der Waals surface area contributed by atoms with E-state index in [2.05, 4.69) is 4.98 Å². The molecule has 0 fully saturated rings. The quantitative estimate of drug-likeness (QED) is 0.765. The first-order chi connectivity index (χ1) is 7.20. The second-order valence-electron chi connectivity index (χ2n) is 2.99. The van der Waals surface area contributed by atoms with Gasteiger partial charge in [-0.05, 0) is 0 Å². The van der Waals surface area contributed by atoms with Crippen molar-refractivity contribution in [2.24, 2.45) is 0 Å². The van der Waals surface area contributed by atoms with Gasteiger partial charge in [0.1, 0.15) is 4.90 Å². The molecule has 0 spiro atoms. The van der Waals surface area contributed by atoms with Gasteiger partial charge in [-0.2, -0.15) is 0 Å². The van der Waals surface area contributed by atoms with Crippen molar-refractivity contribution in [3.63, 3.8) is 0 Å². The average molecular weight is 225 g/mol. The summed E-state index contributed by atoms with van der Waals surface area (Å²) in [5, 5.41) is 0. The molecule has 0 aliphatic heterocycles. The molecule has 0 amide bonds. The molecule has 1 aromatic heterocycles. The normalized spacial score (nSPS) is 10.8. The van der Waals surface area contributed by atoms with Crippen LogP contribution in [0.5, 0.6) is 0 Å². The van der Waals surface area contributed by atoms with E-state index in [4.69, 9.17) is 0 Å². The van der Waals surface area contributed by atoms with E-state index in [1.54, 1.807) is 30.3 Å². The maximum atomic E-state index is 13.6. The van der Waals surface area contributed by atoms with Crippen LogP contribution in [0.3, 0.4) is 0 Å². The smallest absolute Gasteiger partial charge is 0.172 e. The van der Waals surface area contributed by atoms with Crippen molar-refractivity contribution >= 4 is 10.7 Å². The summed E-state index contributed by atoms with van der Waals surface area (Å²) in [6.07, 6.45) is 1.16. The summed E-state index contributed by atoms with van der Waals surface area (Å²) in [5.74, 6) is -0.725. The first-order valence-corrected chi connectivity index (χ1v) is 5.44. The number of thiol groups is 1. The van der Waals surface area contributed by atoms with Crippen molar-refractivity contribution in [3.8, 4) is 11.3 Å². The van der Waals surface area contributed by atoms with Crippen molar-refractivity contribution in [2.75, 3.05) is 0 Å². The van der Waals surface area contributed by atoms with Crippen LogP contribution in [-0.4, -0.2) is 13.4 Å². The van der Waals surface area contributed by atoms with Gasteiger partial charge in [-0.3, -0.25) is 0 Å². The van der Waals surface area contributed by atoms with Gasteiger partial charge in [-0.1, -0.05) is 30.3 Å². The van der Waals surface area contributed by atoms with Crippen LogP contribution in [0.15, 0.2) is 41.4 Å². The van der Waals surface area contributed by atoms with Gasteiger partial charge in [0.25, 0.3) is 0 Å². The molecule has 2 rings (SSSR count). The Morgan fingerprint density at radius 3 is 2.33 bits per heavy atom. The summed E-state index contributed by atoms with van der Waals surface area (Å²) in [4.78, 5) is 2.31. The third-order valence-corrected chi connectivity index (χ3v) is 2.78. The number of hydrogen-bond donors (Lipinski definition) is 2. The van der Waals surface area contributed by atoms with E-state index < -0.39 is 16.5 Å². The van der Waals surface area contributed by atoms with E-state index in [-0.39, 0.29) is 10.6 Å². The number of hydrogen-bond acceptors (Lipinski definition) is 2. The predicted octanol–water partition coefficient (Wildman–Crippen LogP) is 1.79. The highest BCUT2D eigenvalue weighted by Gasteiger charge is 2.13. The number of aromatic amines is 1. The fourth-order valence-electron chi connectivity index (χ4n) is 1.34. The second kappa shape index (κ2) is 3.86. The molecule has 3 nitrogen and oxygen atoms in total. The molecule has 0 aliphatic carbocycles. The molecule has 5 heteroatoms. The monoisotopic (exact) mass is 225 g/mol. The van der Waals surface area contributed by atoms with Crippen molar-refractivity contribution in [1.82, 2.24) is 4.98 Å². The van der Waals surface area contributed by atoms with Crippen molar-refractivity contribution < 1.29 is 12.8 Å². The average Bonchev–Trinajstić information content (AvgIpc) is 2.61. The lowest BCUT2D eigenvalue weighted by molar-refractivity contribution is 0.585. The maximum Gasteiger partial charge on any atom is 0.172 e. The number of nitrogens with one attached hydrogen (secondary N) is 1. The molecule has 0 unspecified atom stereocenters. The lowest BCUT2D eigenvalue weighted by atomic mass is 10.1. The Hall–Kier alpha value is -1.62. The third kappa shape index (κ3) is 1.78. The summed E-state index contributed by atoms with van der Waals surface area (Å²) in [7, 11) is -2.89. The zero-order valence-corrected chi connectivity index (χ0v) is 8.50. The highest BCUT2D eigenvalue weighted by atomic mass is 32.2. The molecule has 0 bridgehead atoms. The number of rotatable bonds is 2. The van der Waals surface area contributed by atoms with Crippen molar-refractivity contribution in [2.45, 2.75) is 4.90 Å². The van der Waals surface area contributed by atoms with Crippen LogP contribution in [0.1, 0.15) is 0 Å². The van der Waals surface area contributed by atoms with E-state index in [1.807, 2.05) is 0 Å². The number of halogens is 1. The van der Waals surface area contributed by atoms with Crippen molar-refractivity contribution in [1.29, 1.82) is 0 Å². The zero-order valence-electron chi connectivity index (χ0n) is 7.61. The summed E-state index contributed by atoms with van der Waals surface area (Å²) >= 11 is 0. The minimum atomic E-state index is -2.89. The fourth-order valence-corrected chi connectivity index (χ4v) is 1.79. The van der Waals surface area contributed by atoms with Crippen LogP contribution in [0.4, 0.5) is 4.39 Å². The first-order valence-electron chi connectivity index (χ1n) is 4.27. The lowest BCUT2D eigenvalue weighted by Crippen LogP contribution is -1.83. The first kappa shape index (κ1) is 9.92. The molecule has 2 aromatic rings. The molecular weight excluding hydrogens is 217 g/mol. The van der Waals surface area contributed by atoms with Crippen LogP contribution in [0, 0.1) is 5.82 Å². The lowest BCUT2D eigenvalue weighted by Gasteiger charge is -1.96. The molecule has 1 heterocycles.